The number of carbonyl (C=O) groups excluding carboxylic acids is 1. The first-order valence-electron chi connectivity index (χ1n) is 8.25. The summed E-state index contributed by atoms with van der Waals surface area (Å²) in [5.41, 5.74) is 1.32. The van der Waals surface area contributed by atoms with E-state index >= 15 is 0 Å². The molecule has 0 saturated carbocycles. The van der Waals surface area contributed by atoms with Crippen LogP contribution >= 0.6 is 11.3 Å². The van der Waals surface area contributed by atoms with Crippen LogP contribution in [-0.2, 0) is 17.6 Å². The standard InChI is InChI=1S/C17H23N3O2S/c1-4-11(3)20-14(21)8-22-16-15-12-6-5-10(2)7-13(12)23-17(15)19-9-18-16/h9-11H,4-8H2,1-3H3,(H,20,21). The molecule has 2 aromatic heterocycles. The van der Waals surface area contributed by atoms with Crippen LogP contribution in [0.15, 0.2) is 6.33 Å². The molecule has 2 unspecified atom stereocenters. The van der Waals surface area contributed by atoms with E-state index in [9.17, 15) is 4.79 Å². The van der Waals surface area contributed by atoms with Crippen LogP contribution in [0.1, 0.15) is 44.1 Å². The Morgan fingerprint density at radius 3 is 3.13 bits per heavy atom. The monoisotopic (exact) mass is 333 g/mol. The minimum atomic E-state index is -0.108. The van der Waals surface area contributed by atoms with E-state index in [1.165, 1.54) is 23.2 Å². The molecule has 0 fully saturated rings. The van der Waals surface area contributed by atoms with Crippen LogP contribution in [0.3, 0.4) is 0 Å². The molecular weight excluding hydrogens is 310 g/mol. The Balaban J connectivity index is 1.80. The zero-order valence-electron chi connectivity index (χ0n) is 13.9. The molecule has 2 aromatic rings. The quantitative estimate of drug-likeness (QED) is 0.913. The van der Waals surface area contributed by atoms with Crippen LogP contribution in [0.25, 0.3) is 10.2 Å². The molecule has 0 aliphatic heterocycles. The van der Waals surface area contributed by atoms with Crippen LogP contribution in [-0.4, -0.2) is 28.5 Å². The van der Waals surface area contributed by atoms with Crippen molar-refractivity contribution in [3.05, 3.63) is 16.8 Å². The largest absolute Gasteiger partial charge is 0.467 e. The summed E-state index contributed by atoms with van der Waals surface area (Å²) in [7, 11) is 0. The van der Waals surface area contributed by atoms with E-state index in [0.29, 0.717) is 11.8 Å². The average molecular weight is 333 g/mol. The summed E-state index contributed by atoms with van der Waals surface area (Å²) in [5.74, 6) is 1.15. The van der Waals surface area contributed by atoms with E-state index in [1.807, 2.05) is 13.8 Å². The van der Waals surface area contributed by atoms with E-state index < -0.39 is 0 Å². The summed E-state index contributed by atoms with van der Waals surface area (Å²) in [6.45, 7) is 6.31. The third-order valence-corrected chi connectivity index (χ3v) is 5.58. The van der Waals surface area contributed by atoms with Crippen molar-refractivity contribution in [2.45, 2.75) is 52.5 Å². The van der Waals surface area contributed by atoms with Crippen LogP contribution < -0.4 is 10.1 Å². The highest BCUT2D eigenvalue weighted by atomic mass is 32.1. The van der Waals surface area contributed by atoms with Gasteiger partial charge in [0.15, 0.2) is 6.61 Å². The van der Waals surface area contributed by atoms with Crippen molar-refractivity contribution < 1.29 is 9.53 Å². The fourth-order valence-electron chi connectivity index (χ4n) is 2.91. The van der Waals surface area contributed by atoms with E-state index in [0.717, 1.165) is 29.5 Å². The van der Waals surface area contributed by atoms with E-state index in [1.54, 1.807) is 11.3 Å². The maximum atomic E-state index is 11.9. The van der Waals surface area contributed by atoms with Crippen molar-refractivity contribution in [2.75, 3.05) is 6.61 Å². The molecule has 23 heavy (non-hydrogen) atoms. The molecule has 5 nitrogen and oxygen atoms in total. The third kappa shape index (κ3) is 3.47. The Morgan fingerprint density at radius 1 is 1.52 bits per heavy atom. The number of nitrogens with zero attached hydrogens (tertiary/aromatic N) is 2. The number of fused-ring (bicyclic) bond motifs is 3. The van der Waals surface area contributed by atoms with Gasteiger partial charge in [0, 0.05) is 10.9 Å². The molecule has 1 amide bonds. The highest BCUT2D eigenvalue weighted by Gasteiger charge is 2.23. The van der Waals surface area contributed by atoms with Gasteiger partial charge in [0.05, 0.1) is 5.39 Å². The minimum Gasteiger partial charge on any atom is -0.467 e. The summed E-state index contributed by atoms with van der Waals surface area (Å²) >= 11 is 1.73. The summed E-state index contributed by atoms with van der Waals surface area (Å²) < 4.78 is 5.72. The molecule has 6 heteroatoms. The highest BCUT2D eigenvalue weighted by Crippen LogP contribution is 2.40. The predicted molar refractivity (Wildman–Crippen MR) is 92.0 cm³/mol. The van der Waals surface area contributed by atoms with Crippen molar-refractivity contribution >= 4 is 27.5 Å². The average Bonchev–Trinajstić information content (AvgIpc) is 2.90. The molecule has 3 rings (SSSR count). The number of rotatable bonds is 5. The van der Waals surface area contributed by atoms with Crippen LogP contribution in [0, 0.1) is 5.92 Å². The molecule has 0 bridgehead atoms. The van der Waals surface area contributed by atoms with E-state index in [2.05, 4.69) is 22.2 Å². The molecular formula is C17H23N3O2S. The third-order valence-electron chi connectivity index (χ3n) is 4.42. The molecule has 0 saturated heterocycles. The van der Waals surface area contributed by atoms with Gasteiger partial charge in [-0.3, -0.25) is 4.79 Å². The Morgan fingerprint density at radius 2 is 2.35 bits per heavy atom. The number of nitrogens with one attached hydrogen (secondary N) is 1. The molecule has 1 N–H and O–H groups in total. The molecule has 124 valence electrons. The number of hydrogen-bond acceptors (Lipinski definition) is 5. The minimum absolute atomic E-state index is 0.00250. The lowest BCUT2D eigenvalue weighted by molar-refractivity contribution is -0.123. The van der Waals surface area contributed by atoms with Crippen molar-refractivity contribution in [3.63, 3.8) is 0 Å². The van der Waals surface area contributed by atoms with Crippen LogP contribution in [0.2, 0.25) is 0 Å². The number of aromatic nitrogens is 2. The smallest absolute Gasteiger partial charge is 0.258 e. The van der Waals surface area contributed by atoms with Gasteiger partial charge in [-0.15, -0.1) is 11.3 Å². The summed E-state index contributed by atoms with van der Waals surface area (Å²) in [5, 5.41) is 3.92. The zero-order chi connectivity index (χ0) is 16.4. The van der Waals surface area contributed by atoms with Crippen LogP contribution in [0.5, 0.6) is 5.88 Å². The van der Waals surface area contributed by atoms with Crippen molar-refractivity contribution in [1.29, 1.82) is 0 Å². The lowest BCUT2D eigenvalue weighted by Gasteiger charge is -2.18. The maximum Gasteiger partial charge on any atom is 0.258 e. The van der Waals surface area contributed by atoms with Gasteiger partial charge in [-0.05, 0) is 44.1 Å². The summed E-state index contributed by atoms with van der Waals surface area (Å²) in [6.07, 6.45) is 5.75. The number of thiophene rings is 1. The number of carbonyl (C=O) groups is 1. The Kier molecular flexibility index (Phi) is 4.80. The second-order valence-corrected chi connectivity index (χ2v) is 7.46. The van der Waals surface area contributed by atoms with Gasteiger partial charge >= 0.3 is 0 Å². The first-order chi connectivity index (χ1) is 11.1. The molecule has 2 heterocycles. The topological polar surface area (TPSA) is 64.1 Å². The summed E-state index contributed by atoms with van der Waals surface area (Å²) in [4.78, 5) is 22.9. The fourth-order valence-corrected chi connectivity index (χ4v) is 4.25. The van der Waals surface area contributed by atoms with Crippen molar-refractivity contribution in [3.8, 4) is 5.88 Å². The fraction of sp³-hybridized carbons (Fsp3) is 0.588. The SMILES string of the molecule is CCC(C)NC(=O)COc1ncnc2sc3c(c12)CCC(C)C3. The van der Waals surface area contributed by atoms with E-state index in [4.69, 9.17) is 4.74 Å². The zero-order valence-corrected chi connectivity index (χ0v) is 14.7. The van der Waals surface area contributed by atoms with E-state index in [-0.39, 0.29) is 18.6 Å². The lowest BCUT2D eigenvalue weighted by atomic mass is 9.89. The first kappa shape index (κ1) is 16.2. The Hall–Kier alpha value is -1.69. The normalized spacial score (nSPS) is 18.5. The first-order valence-corrected chi connectivity index (χ1v) is 9.07. The molecule has 2 atom stereocenters. The van der Waals surface area contributed by atoms with Crippen molar-refractivity contribution in [2.24, 2.45) is 5.92 Å². The molecule has 0 spiro atoms. The lowest BCUT2D eigenvalue weighted by Crippen LogP contribution is -2.35. The number of aryl methyl sites for hydroxylation is 1. The highest BCUT2D eigenvalue weighted by molar-refractivity contribution is 7.18. The van der Waals surface area contributed by atoms with Crippen LogP contribution in [0.4, 0.5) is 0 Å². The van der Waals surface area contributed by atoms with Gasteiger partial charge in [-0.2, -0.15) is 0 Å². The number of ether oxygens (including phenoxy) is 1. The molecule has 0 aromatic carbocycles. The van der Waals surface area contributed by atoms with Gasteiger partial charge in [0.1, 0.15) is 11.2 Å². The Labute approximate surface area is 140 Å². The maximum absolute atomic E-state index is 11.9. The van der Waals surface area contributed by atoms with Gasteiger partial charge in [0.25, 0.3) is 5.91 Å². The second kappa shape index (κ2) is 6.83. The molecule has 1 aliphatic carbocycles. The molecule has 1 aliphatic rings. The molecule has 0 radical (unpaired) electrons. The number of amides is 1. The predicted octanol–water partition coefficient (Wildman–Crippen LogP) is 3.11. The van der Waals surface area contributed by atoms with Gasteiger partial charge in [-0.1, -0.05) is 13.8 Å². The second-order valence-electron chi connectivity index (χ2n) is 6.38. The number of hydrogen-bond donors (Lipinski definition) is 1. The van der Waals surface area contributed by atoms with Crippen molar-refractivity contribution in [1.82, 2.24) is 15.3 Å². The van der Waals surface area contributed by atoms with Gasteiger partial charge in [0.2, 0.25) is 5.88 Å². The Bertz CT molecular complexity index is 713. The van der Waals surface area contributed by atoms with Gasteiger partial charge in [-0.25, -0.2) is 9.97 Å². The van der Waals surface area contributed by atoms with Gasteiger partial charge < -0.3 is 10.1 Å². The summed E-state index contributed by atoms with van der Waals surface area (Å²) in [6, 6.07) is 0.159.